The van der Waals surface area contributed by atoms with Gasteiger partial charge in [0, 0.05) is 5.39 Å². The Morgan fingerprint density at radius 2 is 2.05 bits per heavy atom. The molecule has 2 unspecified atom stereocenters. The zero-order valence-corrected chi connectivity index (χ0v) is 11.5. The van der Waals surface area contributed by atoms with Crippen molar-refractivity contribution >= 4 is 11.0 Å². The molecule has 0 radical (unpaired) electrons. The first-order valence-corrected chi connectivity index (χ1v) is 6.72. The number of furan rings is 1. The van der Waals surface area contributed by atoms with Crippen LogP contribution in [-0.2, 0) is 5.60 Å². The van der Waals surface area contributed by atoms with E-state index in [4.69, 9.17) is 4.42 Å². The molecule has 0 aliphatic heterocycles. The number of rotatable bonds is 1. The quantitative estimate of drug-likeness (QED) is 0.835. The highest BCUT2D eigenvalue weighted by Crippen LogP contribution is 2.53. The van der Waals surface area contributed by atoms with Crippen LogP contribution in [0.3, 0.4) is 0 Å². The fourth-order valence-electron chi connectivity index (χ4n) is 3.53. The van der Waals surface area contributed by atoms with E-state index >= 15 is 0 Å². The van der Waals surface area contributed by atoms with Gasteiger partial charge in [0.25, 0.3) is 0 Å². The van der Waals surface area contributed by atoms with E-state index in [1.165, 1.54) is 12.1 Å². The minimum absolute atomic E-state index is 0.0956. The topological polar surface area (TPSA) is 33.4 Å². The van der Waals surface area contributed by atoms with Crippen LogP contribution in [0.4, 0.5) is 4.39 Å². The molecule has 1 saturated carbocycles. The highest BCUT2D eigenvalue weighted by molar-refractivity contribution is 5.78. The third kappa shape index (κ3) is 1.96. The van der Waals surface area contributed by atoms with Crippen molar-refractivity contribution in [2.45, 2.75) is 39.2 Å². The molecule has 2 nitrogen and oxygen atoms in total. The monoisotopic (exact) mass is 262 g/mol. The average molecular weight is 262 g/mol. The predicted octanol–water partition coefficient (Wildman–Crippen LogP) is 4.22. The van der Waals surface area contributed by atoms with E-state index in [-0.39, 0.29) is 17.2 Å². The number of hydrogen-bond acceptors (Lipinski definition) is 2. The molecule has 1 aliphatic carbocycles. The molecular formula is C16H19FO2. The van der Waals surface area contributed by atoms with Gasteiger partial charge in [-0.2, -0.15) is 0 Å². The molecule has 1 heterocycles. The van der Waals surface area contributed by atoms with E-state index in [2.05, 4.69) is 13.8 Å². The first-order valence-electron chi connectivity index (χ1n) is 6.72. The molecule has 0 saturated heterocycles. The lowest BCUT2D eigenvalue weighted by Gasteiger charge is -2.25. The second-order valence-corrected chi connectivity index (χ2v) is 6.66. The van der Waals surface area contributed by atoms with Crippen LogP contribution in [0.25, 0.3) is 11.0 Å². The van der Waals surface area contributed by atoms with Gasteiger partial charge in [0.1, 0.15) is 22.8 Å². The second kappa shape index (κ2) is 3.83. The smallest absolute Gasteiger partial charge is 0.137 e. The van der Waals surface area contributed by atoms with Crippen molar-refractivity contribution in [3.63, 3.8) is 0 Å². The zero-order valence-electron chi connectivity index (χ0n) is 11.5. The Balaban J connectivity index is 2.09. The summed E-state index contributed by atoms with van der Waals surface area (Å²) in [6.07, 6.45) is 1.62. The van der Waals surface area contributed by atoms with Gasteiger partial charge in [-0.05, 0) is 48.4 Å². The molecule has 102 valence electrons. The van der Waals surface area contributed by atoms with Gasteiger partial charge in [-0.3, -0.25) is 0 Å². The van der Waals surface area contributed by atoms with Gasteiger partial charge < -0.3 is 9.52 Å². The molecule has 3 heteroatoms. The van der Waals surface area contributed by atoms with Crippen molar-refractivity contribution in [2.75, 3.05) is 0 Å². The maximum Gasteiger partial charge on any atom is 0.137 e. The van der Waals surface area contributed by atoms with E-state index in [1.807, 2.05) is 6.92 Å². The molecule has 0 spiro atoms. The first kappa shape index (κ1) is 12.7. The van der Waals surface area contributed by atoms with Gasteiger partial charge in [0.15, 0.2) is 0 Å². The summed E-state index contributed by atoms with van der Waals surface area (Å²) in [6.45, 7) is 6.36. The van der Waals surface area contributed by atoms with Crippen LogP contribution in [0, 0.1) is 17.2 Å². The summed E-state index contributed by atoms with van der Waals surface area (Å²) in [4.78, 5) is 0. The Morgan fingerprint density at radius 3 is 2.68 bits per heavy atom. The predicted molar refractivity (Wildman–Crippen MR) is 72.2 cm³/mol. The van der Waals surface area contributed by atoms with E-state index in [0.29, 0.717) is 23.2 Å². The molecule has 1 N–H and O–H groups in total. The Morgan fingerprint density at radius 1 is 1.32 bits per heavy atom. The van der Waals surface area contributed by atoms with Crippen LogP contribution in [-0.4, -0.2) is 5.11 Å². The molecule has 19 heavy (non-hydrogen) atoms. The summed E-state index contributed by atoms with van der Waals surface area (Å²) >= 11 is 0. The third-order valence-electron chi connectivity index (χ3n) is 4.33. The van der Waals surface area contributed by atoms with Gasteiger partial charge in [0.2, 0.25) is 0 Å². The molecule has 1 aromatic heterocycles. The van der Waals surface area contributed by atoms with Crippen molar-refractivity contribution < 1.29 is 13.9 Å². The third-order valence-corrected chi connectivity index (χ3v) is 4.33. The number of hydrogen-bond donors (Lipinski definition) is 1. The maximum atomic E-state index is 13.2. The minimum Gasteiger partial charge on any atom is -0.458 e. The van der Waals surface area contributed by atoms with Crippen LogP contribution >= 0.6 is 0 Å². The van der Waals surface area contributed by atoms with Gasteiger partial charge >= 0.3 is 0 Å². The summed E-state index contributed by atoms with van der Waals surface area (Å²) in [5, 5.41) is 11.7. The van der Waals surface area contributed by atoms with Crippen molar-refractivity contribution in [2.24, 2.45) is 11.3 Å². The highest BCUT2D eigenvalue weighted by atomic mass is 19.1. The van der Waals surface area contributed by atoms with E-state index in [9.17, 15) is 9.50 Å². The van der Waals surface area contributed by atoms with Crippen LogP contribution in [0.2, 0.25) is 0 Å². The summed E-state index contributed by atoms with van der Waals surface area (Å²) in [6, 6.07) is 6.21. The van der Waals surface area contributed by atoms with Gasteiger partial charge in [-0.25, -0.2) is 4.39 Å². The fourth-order valence-corrected chi connectivity index (χ4v) is 3.53. The summed E-state index contributed by atoms with van der Waals surface area (Å²) in [5.74, 6) is 0.408. The lowest BCUT2D eigenvalue weighted by Crippen LogP contribution is -2.28. The normalized spacial score (nSPS) is 30.1. The SMILES string of the molecule is CC1CC(C)(C)CC1(O)c1cc2cc(F)ccc2o1. The van der Waals surface area contributed by atoms with Crippen molar-refractivity contribution in [1.29, 1.82) is 0 Å². The van der Waals surface area contributed by atoms with E-state index < -0.39 is 5.60 Å². The second-order valence-electron chi connectivity index (χ2n) is 6.66. The fraction of sp³-hybridized carbons (Fsp3) is 0.500. The van der Waals surface area contributed by atoms with E-state index in [1.54, 1.807) is 12.1 Å². The molecular weight excluding hydrogens is 243 g/mol. The van der Waals surface area contributed by atoms with Crippen molar-refractivity contribution in [3.05, 3.63) is 35.8 Å². The lowest BCUT2D eigenvalue weighted by molar-refractivity contribution is -0.0194. The zero-order chi connectivity index (χ0) is 13.8. The number of aliphatic hydroxyl groups is 1. The standard InChI is InChI=1S/C16H19FO2/c1-10-8-15(2,3)9-16(10,18)14-7-11-6-12(17)4-5-13(11)19-14/h4-7,10,18H,8-9H2,1-3H3. The molecule has 1 aromatic carbocycles. The Labute approximate surface area is 112 Å². The average Bonchev–Trinajstić information content (AvgIpc) is 2.78. The van der Waals surface area contributed by atoms with Crippen LogP contribution in [0.5, 0.6) is 0 Å². The van der Waals surface area contributed by atoms with Crippen molar-refractivity contribution in [1.82, 2.24) is 0 Å². The molecule has 1 fully saturated rings. The molecule has 3 rings (SSSR count). The van der Waals surface area contributed by atoms with Crippen LogP contribution in [0.15, 0.2) is 28.7 Å². The maximum absolute atomic E-state index is 13.2. The molecule has 0 amide bonds. The first-order chi connectivity index (χ1) is 8.80. The Kier molecular flexibility index (Phi) is 2.55. The molecule has 2 aromatic rings. The van der Waals surface area contributed by atoms with E-state index in [0.717, 1.165) is 6.42 Å². The number of benzene rings is 1. The Hall–Kier alpha value is -1.35. The van der Waals surface area contributed by atoms with Crippen molar-refractivity contribution in [3.8, 4) is 0 Å². The lowest BCUT2D eigenvalue weighted by atomic mass is 9.87. The van der Waals surface area contributed by atoms with Crippen LogP contribution < -0.4 is 0 Å². The largest absolute Gasteiger partial charge is 0.458 e. The summed E-state index contributed by atoms with van der Waals surface area (Å²) < 4.78 is 19.0. The Bertz CT molecular complexity index is 629. The molecule has 0 bridgehead atoms. The summed E-state index contributed by atoms with van der Waals surface area (Å²) in [5.41, 5.74) is -0.223. The van der Waals surface area contributed by atoms with Gasteiger partial charge in [0.05, 0.1) is 0 Å². The summed E-state index contributed by atoms with van der Waals surface area (Å²) in [7, 11) is 0. The number of halogens is 1. The highest BCUT2D eigenvalue weighted by Gasteiger charge is 2.50. The molecule has 2 atom stereocenters. The van der Waals surface area contributed by atoms with Gasteiger partial charge in [-0.15, -0.1) is 0 Å². The number of fused-ring (bicyclic) bond motifs is 1. The van der Waals surface area contributed by atoms with Crippen LogP contribution in [0.1, 0.15) is 39.4 Å². The molecule has 1 aliphatic rings. The van der Waals surface area contributed by atoms with Gasteiger partial charge in [-0.1, -0.05) is 20.8 Å². The minimum atomic E-state index is -0.945.